The van der Waals surface area contributed by atoms with Gasteiger partial charge in [0.05, 0.1) is 0 Å². The van der Waals surface area contributed by atoms with Crippen molar-refractivity contribution < 1.29 is 10.0 Å². The first-order chi connectivity index (χ1) is 7.59. The normalized spacial score (nSPS) is 11.1. The van der Waals surface area contributed by atoms with Crippen molar-refractivity contribution in [2.75, 3.05) is 0 Å². The van der Waals surface area contributed by atoms with Crippen LogP contribution in [0.5, 0.6) is 0 Å². The summed E-state index contributed by atoms with van der Waals surface area (Å²) < 4.78 is 0. The summed E-state index contributed by atoms with van der Waals surface area (Å²) in [5, 5.41) is 20.7. The topological polar surface area (TPSA) is 40.5 Å². The van der Waals surface area contributed by atoms with E-state index in [1.807, 2.05) is 30.3 Å². The van der Waals surface area contributed by atoms with Crippen molar-refractivity contribution in [3.63, 3.8) is 0 Å². The van der Waals surface area contributed by atoms with Gasteiger partial charge in [0.15, 0.2) is 0 Å². The molecule has 2 N–H and O–H groups in total. The van der Waals surface area contributed by atoms with Crippen LogP contribution in [0.25, 0.3) is 10.8 Å². The van der Waals surface area contributed by atoms with Gasteiger partial charge in [-0.3, -0.25) is 0 Å². The Morgan fingerprint density at radius 1 is 1.06 bits per heavy atom. The zero-order chi connectivity index (χ0) is 11.7. The third-order valence-electron chi connectivity index (χ3n) is 2.84. The van der Waals surface area contributed by atoms with Gasteiger partial charge in [0, 0.05) is 0 Å². The van der Waals surface area contributed by atoms with Crippen molar-refractivity contribution in [1.82, 2.24) is 0 Å². The number of hydrogen-bond donors (Lipinski definition) is 2. The second-order valence-electron chi connectivity index (χ2n) is 4.36. The van der Waals surface area contributed by atoms with Crippen molar-refractivity contribution >= 4 is 23.4 Å². The van der Waals surface area contributed by atoms with Crippen LogP contribution in [0.3, 0.4) is 0 Å². The Morgan fingerprint density at radius 3 is 2.38 bits per heavy atom. The fourth-order valence-corrected chi connectivity index (χ4v) is 1.99. The molecule has 2 aromatic rings. The Bertz CT molecular complexity index is 506. The van der Waals surface area contributed by atoms with Gasteiger partial charge in [0.2, 0.25) is 0 Å². The summed E-state index contributed by atoms with van der Waals surface area (Å²) in [5.41, 5.74) is 1.71. The Hall–Kier alpha value is -1.32. The lowest BCUT2D eigenvalue weighted by Gasteiger charge is -2.12. The van der Waals surface area contributed by atoms with Gasteiger partial charge in [-0.25, -0.2) is 0 Å². The van der Waals surface area contributed by atoms with Crippen LogP contribution >= 0.6 is 0 Å². The average Bonchev–Trinajstić information content (AvgIpc) is 2.27. The SMILES string of the molecule is CC(C)c1cc(B(O)O)cc2ccccc12. The molecule has 2 rings (SSSR count). The number of benzene rings is 2. The summed E-state index contributed by atoms with van der Waals surface area (Å²) in [6, 6.07) is 11.7. The van der Waals surface area contributed by atoms with Crippen molar-refractivity contribution in [2.45, 2.75) is 19.8 Å². The van der Waals surface area contributed by atoms with E-state index in [-0.39, 0.29) is 0 Å². The molecule has 0 amide bonds. The maximum absolute atomic E-state index is 9.24. The van der Waals surface area contributed by atoms with Crippen LogP contribution in [0, 0.1) is 0 Å². The molecule has 82 valence electrons. The maximum Gasteiger partial charge on any atom is 0.488 e. The third kappa shape index (κ3) is 1.97. The van der Waals surface area contributed by atoms with E-state index in [1.54, 1.807) is 0 Å². The molecule has 0 heterocycles. The smallest absolute Gasteiger partial charge is 0.423 e. The highest BCUT2D eigenvalue weighted by atomic mass is 16.4. The standard InChI is InChI=1S/C13H15BO2/c1-9(2)13-8-11(14(15)16)7-10-5-3-4-6-12(10)13/h3-9,15-16H,1-2H3. The van der Waals surface area contributed by atoms with Crippen LogP contribution in [0.1, 0.15) is 25.3 Å². The lowest BCUT2D eigenvalue weighted by molar-refractivity contribution is 0.426. The lowest BCUT2D eigenvalue weighted by atomic mass is 9.77. The highest BCUT2D eigenvalue weighted by Gasteiger charge is 2.14. The van der Waals surface area contributed by atoms with Crippen LogP contribution < -0.4 is 5.46 Å². The Morgan fingerprint density at radius 2 is 1.75 bits per heavy atom. The van der Waals surface area contributed by atoms with Gasteiger partial charge in [-0.05, 0) is 27.7 Å². The number of fused-ring (bicyclic) bond motifs is 1. The number of rotatable bonds is 2. The minimum absolute atomic E-state index is 0.364. The predicted molar refractivity (Wildman–Crippen MR) is 67.9 cm³/mol. The van der Waals surface area contributed by atoms with Crippen molar-refractivity contribution in [1.29, 1.82) is 0 Å². The molecule has 0 radical (unpaired) electrons. The van der Waals surface area contributed by atoms with Crippen LogP contribution in [-0.2, 0) is 0 Å². The first kappa shape index (κ1) is 11.2. The monoisotopic (exact) mass is 214 g/mol. The molecule has 0 fully saturated rings. The molecule has 0 aliphatic rings. The van der Waals surface area contributed by atoms with Crippen molar-refractivity contribution in [3.05, 3.63) is 42.0 Å². The molecule has 0 saturated heterocycles. The minimum atomic E-state index is -1.40. The number of hydrogen-bond acceptors (Lipinski definition) is 2. The zero-order valence-corrected chi connectivity index (χ0v) is 9.51. The van der Waals surface area contributed by atoms with Crippen LogP contribution in [0.4, 0.5) is 0 Å². The van der Waals surface area contributed by atoms with E-state index in [4.69, 9.17) is 0 Å². The van der Waals surface area contributed by atoms with Crippen molar-refractivity contribution in [2.24, 2.45) is 0 Å². The molecular weight excluding hydrogens is 199 g/mol. The van der Waals surface area contributed by atoms with Crippen LogP contribution in [-0.4, -0.2) is 17.2 Å². The molecule has 0 unspecified atom stereocenters. The minimum Gasteiger partial charge on any atom is -0.423 e. The predicted octanol–water partition coefficient (Wildman–Crippen LogP) is 1.64. The van der Waals surface area contributed by atoms with Gasteiger partial charge < -0.3 is 10.0 Å². The highest BCUT2D eigenvalue weighted by molar-refractivity contribution is 6.59. The molecular formula is C13H15BO2. The van der Waals surface area contributed by atoms with Gasteiger partial charge in [-0.1, -0.05) is 50.2 Å². The van der Waals surface area contributed by atoms with E-state index < -0.39 is 7.12 Å². The van der Waals surface area contributed by atoms with E-state index in [9.17, 15) is 10.0 Å². The summed E-state index contributed by atoms with van der Waals surface area (Å²) in [5.74, 6) is 0.364. The summed E-state index contributed by atoms with van der Waals surface area (Å²) in [6.45, 7) is 4.21. The lowest BCUT2D eigenvalue weighted by Crippen LogP contribution is -2.30. The van der Waals surface area contributed by atoms with Crippen LogP contribution in [0.2, 0.25) is 0 Å². The van der Waals surface area contributed by atoms with Gasteiger partial charge in [0.1, 0.15) is 0 Å². The average molecular weight is 214 g/mol. The fourth-order valence-electron chi connectivity index (χ4n) is 1.99. The summed E-state index contributed by atoms with van der Waals surface area (Å²) in [4.78, 5) is 0. The first-order valence-electron chi connectivity index (χ1n) is 5.48. The second kappa shape index (κ2) is 4.28. The fraction of sp³-hybridized carbons (Fsp3) is 0.231. The first-order valence-corrected chi connectivity index (χ1v) is 5.48. The van der Waals surface area contributed by atoms with Gasteiger partial charge in [0.25, 0.3) is 0 Å². The molecule has 0 aliphatic heterocycles. The van der Waals surface area contributed by atoms with Gasteiger partial charge in [-0.15, -0.1) is 0 Å². The Balaban J connectivity index is 2.74. The molecule has 0 aromatic heterocycles. The molecule has 0 saturated carbocycles. The summed E-state index contributed by atoms with van der Waals surface area (Å²) in [6.07, 6.45) is 0. The summed E-state index contributed by atoms with van der Waals surface area (Å²) in [7, 11) is -1.40. The molecule has 3 heteroatoms. The largest absolute Gasteiger partial charge is 0.488 e. The molecule has 16 heavy (non-hydrogen) atoms. The Kier molecular flexibility index (Phi) is 2.99. The van der Waals surface area contributed by atoms with E-state index in [0.29, 0.717) is 11.4 Å². The Labute approximate surface area is 95.7 Å². The van der Waals surface area contributed by atoms with Crippen molar-refractivity contribution in [3.8, 4) is 0 Å². The molecule has 0 spiro atoms. The third-order valence-corrected chi connectivity index (χ3v) is 2.84. The molecule has 0 bridgehead atoms. The van der Waals surface area contributed by atoms with E-state index in [2.05, 4.69) is 19.9 Å². The van der Waals surface area contributed by atoms with Gasteiger partial charge in [-0.2, -0.15) is 0 Å². The maximum atomic E-state index is 9.24. The van der Waals surface area contributed by atoms with Crippen LogP contribution in [0.15, 0.2) is 36.4 Å². The highest BCUT2D eigenvalue weighted by Crippen LogP contribution is 2.24. The van der Waals surface area contributed by atoms with E-state index in [0.717, 1.165) is 10.9 Å². The molecule has 2 nitrogen and oxygen atoms in total. The molecule has 0 atom stereocenters. The quantitative estimate of drug-likeness (QED) is 0.746. The van der Waals surface area contributed by atoms with E-state index >= 15 is 0 Å². The summed E-state index contributed by atoms with van der Waals surface area (Å²) >= 11 is 0. The second-order valence-corrected chi connectivity index (χ2v) is 4.36. The van der Waals surface area contributed by atoms with E-state index in [1.165, 1.54) is 5.39 Å². The molecule has 2 aromatic carbocycles. The zero-order valence-electron chi connectivity index (χ0n) is 9.51. The molecule has 0 aliphatic carbocycles. The van der Waals surface area contributed by atoms with Gasteiger partial charge >= 0.3 is 7.12 Å².